The fourth-order valence-electron chi connectivity index (χ4n) is 7.05. The van der Waals surface area contributed by atoms with Gasteiger partial charge in [-0.1, -0.05) is 208 Å². The Bertz CT molecular complexity index is 1310. The molecule has 1 unspecified atom stereocenters. The number of unbranched alkanes of at least 4 members (excludes halogenated alkanes) is 21. The summed E-state index contributed by atoms with van der Waals surface area (Å²) in [6, 6.07) is 0. The minimum absolute atomic E-state index is 0.119. The number of esters is 3. The van der Waals surface area contributed by atoms with E-state index in [1.807, 2.05) is 0 Å². The van der Waals surface area contributed by atoms with E-state index in [0.29, 0.717) is 25.7 Å². The quantitative estimate of drug-likeness (QED) is 0.0199. The summed E-state index contributed by atoms with van der Waals surface area (Å²) in [6.07, 6.45) is 69.8. The molecule has 0 saturated heterocycles. The minimum Gasteiger partial charge on any atom is -0.462 e. The van der Waals surface area contributed by atoms with Crippen molar-refractivity contribution in [2.75, 3.05) is 13.2 Å². The second kappa shape index (κ2) is 52.9. The molecule has 0 aromatic rings. The third-order valence-electron chi connectivity index (χ3n) is 11.1. The molecule has 0 heterocycles. The molecular weight excluding hydrogens is 805 g/mol. The summed E-state index contributed by atoms with van der Waals surface area (Å²) in [7, 11) is 0. The maximum absolute atomic E-state index is 12.8. The van der Waals surface area contributed by atoms with Crippen molar-refractivity contribution in [2.45, 2.75) is 245 Å². The summed E-state index contributed by atoms with van der Waals surface area (Å²) in [5.41, 5.74) is 0. The van der Waals surface area contributed by atoms with E-state index >= 15 is 0 Å². The summed E-state index contributed by atoms with van der Waals surface area (Å²) >= 11 is 0. The molecule has 0 aromatic carbocycles. The van der Waals surface area contributed by atoms with Crippen molar-refractivity contribution in [2.24, 2.45) is 0 Å². The zero-order chi connectivity index (χ0) is 47.2. The van der Waals surface area contributed by atoms with Gasteiger partial charge >= 0.3 is 17.9 Å². The van der Waals surface area contributed by atoms with Gasteiger partial charge in [0.1, 0.15) is 13.2 Å². The molecule has 65 heavy (non-hydrogen) atoms. The van der Waals surface area contributed by atoms with Crippen LogP contribution in [0.2, 0.25) is 0 Å². The highest BCUT2D eigenvalue weighted by atomic mass is 16.6. The van der Waals surface area contributed by atoms with Crippen LogP contribution in [0.1, 0.15) is 239 Å². The van der Waals surface area contributed by atoms with Crippen molar-refractivity contribution in [3.63, 3.8) is 0 Å². The van der Waals surface area contributed by atoms with Crippen molar-refractivity contribution in [1.82, 2.24) is 0 Å². The molecule has 0 amide bonds. The van der Waals surface area contributed by atoms with Crippen molar-refractivity contribution < 1.29 is 28.6 Å². The number of rotatable bonds is 47. The van der Waals surface area contributed by atoms with Crippen LogP contribution in [-0.2, 0) is 28.6 Å². The Balaban J connectivity index is 4.52. The van der Waals surface area contributed by atoms with Gasteiger partial charge in [-0.2, -0.15) is 0 Å². The molecule has 0 aliphatic rings. The van der Waals surface area contributed by atoms with Gasteiger partial charge in [0.15, 0.2) is 6.10 Å². The fraction of sp³-hybridized carbons (Fsp3) is 0.678. The standard InChI is InChI=1S/C59H98O6/c1-4-7-10-13-16-19-22-25-27-29-31-32-34-37-40-43-46-49-52-58(61)64-55-56(54-63-57(60)51-48-45-42-39-36-24-21-18-15-12-9-6-3)65-59(62)53-50-47-44-41-38-35-33-30-28-26-23-20-17-14-11-8-5-2/h9,12,18,21,26-29,31-33,35-36,39,41,44,56H,4-8,10-11,13-17,19-20,22-25,30,34,37-38,40,42-43,45-55H2,1-3H3/b12-9-,21-18-,28-26-,29-27-,32-31-,35-33-,39-36-,44-41-. The molecule has 0 aromatic heterocycles. The molecule has 0 N–H and O–H groups in total. The summed E-state index contributed by atoms with van der Waals surface area (Å²) in [5, 5.41) is 0. The summed E-state index contributed by atoms with van der Waals surface area (Å²) in [6.45, 7) is 6.41. The number of carbonyl (C=O) groups excluding carboxylic acids is 3. The summed E-state index contributed by atoms with van der Waals surface area (Å²) in [4.78, 5) is 38.0. The average molecular weight is 903 g/mol. The predicted molar refractivity (Wildman–Crippen MR) is 279 cm³/mol. The van der Waals surface area contributed by atoms with E-state index in [0.717, 1.165) is 89.9 Å². The van der Waals surface area contributed by atoms with E-state index < -0.39 is 6.10 Å². The molecule has 6 heteroatoms. The fourth-order valence-corrected chi connectivity index (χ4v) is 7.05. The van der Waals surface area contributed by atoms with E-state index in [9.17, 15) is 14.4 Å². The lowest BCUT2D eigenvalue weighted by molar-refractivity contribution is -0.167. The van der Waals surface area contributed by atoms with Gasteiger partial charge in [0.05, 0.1) is 0 Å². The Morgan fingerprint density at radius 1 is 0.338 bits per heavy atom. The van der Waals surface area contributed by atoms with Crippen LogP contribution in [0.3, 0.4) is 0 Å². The van der Waals surface area contributed by atoms with Crippen LogP contribution in [0.5, 0.6) is 0 Å². The number of carbonyl (C=O) groups is 3. The monoisotopic (exact) mass is 903 g/mol. The van der Waals surface area contributed by atoms with E-state index in [1.165, 1.54) is 96.3 Å². The third kappa shape index (κ3) is 51.2. The van der Waals surface area contributed by atoms with Gasteiger partial charge in [-0.05, 0) is 109 Å². The van der Waals surface area contributed by atoms with Crippen LogP contribution in [0.25, 0.3) is 0 Å². The van der Waals surface area contributed by atoms with Crippen molar-refractivity contribution in [3.05, 3.63) is 97.2 Å². The summed E-state index contributed by atoms with van der Waals surface area (Å²) < 4.78 is 16.7. The molecule has 0 fully saturated rings. The minimum atomic E-state index is -0.826. The van der Waals surface area contributed by atoms with E-state index in [-0.39, 0.29) is 37.5 Å². The van der Waals surface area contributed by atoms with Crippen LogP contribution in [0, 0.1) is 0 Å². The molecule has 0 spiro atoms. The first-order chi connectivity index (χ1) is 32.0. The molecule has 6 nitrogen and oxygen atoms in total. The molecule has 1 atom stereocenters. The van der Waals surface area contributed by atoms with Gasteiger partial charge < -0.3 is 14.2 Å². The largest absolute Gasteiger partial charge is 0.462 e. The average Bonchev–Trinajstić information content (AvgIpc) is 3.30. The lowest BCUT2D eigenvalue weighted by atomic mass is 10.1. The second-order valence-corrected chi connectivity index (χ2v) is 17.4. The van der Waals surface area contributed by atoms with Crippen LogP contribution in [0.15, 0.2) is 97.2 Å². The SMILES string of the molecule is CC/C=C\C/C=C\C/C=C\CCCCC(=O)OCC(COC(=O)CCCCCCC/C=C\C=C/CCCCCCCCC)OC(=O)CCC/C=C\C/C=C\C/C=C\CCCCCCCC. The Kier molecular flexibility index (Phi) is 50.0. The number of hydrogen-bond donors (Lipinski definition) is 0. The molecule has 0 bridgehead atoms. The lowest BCUT2D eigenvalue weighted by Gasteiger charge is -2.18. The maximum Gasteiger partial charge on any atom is 0.306 e. The van der Waals surface area contributed by atoms with Crippen molar-refractivity contribution in [1.29, 1.82) is 0 Å². The second-order valence-electron chi connectivity index (χ2n) is 17.4. The number of allylic oxidation sites excluding steroid dienone is 16. The summed E-state index contributed by atoms with van der Waals surface area (Å²) in [5.74, 6) is -1.03. The van der Waals surface area contributed by atoms with E-state index in [1.54, 1.807) is 0 Å². The van der Waals surface area contributed by atoms with Crippen LogP contribution in [-0.4, -0.2) is 37.2 Å². The predicted octanol–water partition coefficient (Wildman–Crippen LogP) is 17.8. The molecule has 370 valence electrons. The van der Waals surface area contributed by atoms with Gasteiger partial charge in [-0.15, -0.1) is 0 Å². The van der Waals surface area contributed by atoms with Crippen molar-refractivity contribution >= 4 is 17.9 Å². The topological polar surface area (TPSA) is 78.9 Å². The molecule has 0 aliphatic heterocycles. The molecule has 0 rings (SSSR count). The smallest absolute Gasteiger partial charge is 0.306 e. The number of hydrogen-bond acceptors (Lipinski definition) is 6. The zero-order valence-electron chi connectivity index (χ0n) is 42.2. The highest BCUT2D eigenvalue weighted by Gasteiger charge is 2.19. The lowest BCUT2D eigenvalue weighted by Crippen LogP contribution is -2.30. The normalized spacial score (nSPS) is 12.8. The van der Waals surface area contributed by atoms with Gasteiger partial charge in [0.2, 0.25) is 0 Å². The highest BCUT2D eigenvalue weighted by Crippen LogP contribution is 2.12. The van der Waals surface area contributed by atoms with Crippen molar-refractivity contribution in [3.8, 4) is 0 Å². The Labute approximate surface area is 400 Å². The first kappa shape index (κ1) is 61.3. The molecular formula is C59H98O6. The highest BCUT2D eigenvalue weighted by molar-refractivity contribution is 5.71. The Hall–Kier alpha value is -3.67. The molecule has 0 saturated carbocycles. The van der Waals surface area contributed by atoms with Crippen LogP contribution < -0.4 is 0 Å². The van der Waals surface area contributed by atoms with Gasteiger partial charge in [0.25, 0.3) is 0 Å². The third-order valence-corrected chi connectivity index (χ3v) is 11.1. The first-order valence-electron chi connectivity index (χ1n) is 26.8. The van der Waals surface area contributed by atoms with E-state index in [2.05, 4.69) is 118 Å². The van der Waals surface area contributed by atoms with Gasteiger partial charge in [-0.3, -0.25) is 14.4 Å². The van der Waals surface area contributed by atoms with Gasteiger partial charge in [0, 0.05) is 19.3 Å². The Morgan fingerprint density at radius 3 is 1.11 bits per heavy atom. The molecule has 0 radical (unpaired) electrons. The van der Waals surface area contributed by atoms with Gasteiger partial charge in [-0.25, -0.2) is 0 Å². The molecule has 0 aliphatic carbocycles. The zero-order valence-corrected chi connectivity index (χ0v) is 42.2. The maximum atomic E-state index is 12.8. The van der Waals surface area contributed by atoms with Crippen LogP contribution >= 0.6 is 0 Å². The first-order valence-corrected chi connectivity index (χ1v) is 26.8. The van der Waals surface area contributed by atoms with Crippen LogP contribution in [0.4, 0.5) is 0 Å². The van der Waals surface area contributed by atoms with E-state index in [4.69, 9.17) is 14.2 Å². The Morgan fingerprint density at radius 2 is 0.662 bits per heavy atom. The number of ether oxygens (including phenoxy) is 3.